The summed E-state index contributed by atoms with van der Waals surface area (Å²) in [6.45, 7) is 0.576. The largest absolute Gasteiger partial charge is 0.497 e. The summed E-state index contributed by atoms with van der Waals surface area (Å²) < 4.78 is 15.4. The molecule has 2 heterocycles. The first-order valence-electron chi connectivity index (χ1n) is 8.00. The summed E-state index contributed by atoms with van der Waals surface area (Å²) in [4.78, 5) is 16.1. The Morgan fingerprint density at radius 1 is 1.20 bits per heavy atom. The third-order valence-corrected chi connectivity index (χ3v) is 3.67. The highest BCUT2D eigenvalue weighted by Crippen LogP contribution is 2.16. The lowest BCUT2D eigenvalue weighted by Gasteiger charge is -2.05. The molecule has 0 unspecified atom stereocenters. The summed E-state index contributed by atoms with van der Waals surface area (Å²) in [5, 5.41) is 6.72. The van der Waals surface area contributed by atoms with Crippen molar-refractivity contribution in [2.24, 2.45) is 0 Å². The molecule has 0 atom stereocenters. The van der Waals surface area contributed by atoms with Crippen LogP contribution in [0, 0.1) is 0 Å². The van der Waals surface area contributed by atoms with Crippen LogP contribution in [0.3, 0.4) is 0 Å². The average molecular weight is 341 g/mol. The molecular formula is C18H19N3O4. The Hall–Kier alpha value is -3.09. The van der Waals surface area contributed by atoms with Crippen molar-refractivity contribution in [1.29, 1.82) is 0 Å². The fourth-order valence-corrected chi connectivity index (χ4v) is 2.31. The minimum Gasteiger partial charge on any atom is -0.497 e. The molecule has 2 aromatic heterocycles. The predicted molar refractivity (Wildman–Crippen MR) is 90.0 cm³/mol. The van der Waals surface area contributed by atoms with Gasteiger partial charge in [-0.15, -0.1) is 0 Å². The van der Waals surface area contributed by atoms with Crippen LogP contribution in [0.5, 0.6) is 5.75 Å². The van der Waals surface area contributed by atoms with Gasteiger partial charge in [-0.05, 0) is 36.2 Å². The number of benzene rings is 1. The van der Waals surface area contributed by atoms with Crippen molar-refractivity contribution in [3.8, 4) is 17.3 Å². The summed E-state index contributed by atoms with van der Waals surface area (Å²) in [5.74, 6) is 2.11. The average Bonchev–Trinajstić information content (AvgIpc) is 3.32. The van der Waals surface area contributed by atoms with Gasteiger partial charge in [-0.3, -0.25) is 4.79 Å². The van der Waals surface area contributed by atoms with E-state index in [2.05, 4.69) is 15.5 Å². The summed E-state index contributed by atoms with van der Waals surface area (Å²) in [7, 11) is 1.64. The number of nitrogens with one attached hydrogen (secondary N) is 1. The van der Waals surface area contributed by atoms with E-state index >= 15 is 0 Å². The van der Waals surface area contributed by atoms with E-state index in [1.807, 2.05) is 24.3 Å². The van der Waals surface area contributed by atoms with Gasteiger partial charge in [-0.1, -0.05) is 17.3 Å². The molecule has 0 aliphatic rings. The quantitative estimate of drug-likeness (QED) is 0.677. The first kappa shape index (κ1) is 16.8. The summed E-state index contributed by atoms with van der Waals surface area (Å²) in [6.07, 6.45) is 2.99. The van der Waals surface area contributed by atoms with Crippen LogP contribution in [0.25, 0.3) is 11.6 Å². The molecule has 1 N–H and O–H groups in total. The number of furan rings is 1. The molecule has 0 aliphatic heterocycles. The van der Waals surface area contributed by atoms with Crippen molar-refractivity contribution in [2.45, 2.75) is 19.3 Å². The Kier molecular flexibility index (Phi) is 5.46. The molecule has 0 bridgehead atoms. The minimum absolute atomic E-state index is 0.0498. The lowest BCUT2D eigenvalue weighted by atomic mass is 10.1. The van der Waals surface area contributed by atoms with Gasteiger partial charge in [0.05, 0.1) is 13.4 Å². The van der Waals surface area contributed by atoms with E-state index in [9.17, 15) is 4.79 Å². The van der Waals surface area contributed by atoms with Crippen LogP contribution in [0.1, 0.15) is 17.9 Å². The smallest absolute Gasteiger partial charge is 0.238 e. The number of nitrogens with zero attached hydrogens (tertiary/aromatic N) is 2. The molecule has 0 saturated carbocycles. The second kappa shape index (κ2) is 8.14. The molecule has 0 saturated heterocycles. The first-order chi connectivity index (χ1) is 12.2. The number of hydrogen-bond acceptors (Lipinski definition) is 6. The number of hydrogen-bond donors (Lipinski definition) is 1. The molecule has 3 rings (SSSR count). The van der Waals surface area contributed by atoms with E-state index in [1.54, 1.807) is 25.5 Å². The molecule has 1 aromatic carbocycles. The Labute approximate surface area is 145 Å². The van der Waals surface area contributed by atoms with Crippen LogP contribution in [0.15, 0.2) is 51.6 Å². The molecule has 3 aromatic rings. The zero-order chi connectivity index (χ0) is 17.5. The van der Waals surface area contributed by atoms with Crippen molar-refractivity contribution in [3.63, 3.8) is 0 Å². The van der Waals surface area contributed by atoms with Gasteiger partial charge in [0, 0.05) is 19.4 Å². The maximum absolute atomic E-state index is 11.9. The van der Waals surface area contributed by atoms with Crippen molar-refractivity contribution in [2.75, 3.05) is 13.7 Å². The number of aromatic nitrogens is 2. The standard InChI is InChI=1S/C18H19N3O4/c1-23-14-6-4-13(5-7-14)10-11-19-16(22)8-9-17-20-18(21-25-17)15-3-2-12-24-15/h2-7,12H,8-11H2,1H3,(H,19,22). The topological polar surface area (TPSA) is 90.4 Å². The highest BCUT2D eigenvalue weighted by molar-refractivity contribution is 5.76. The minimum atomic E-state index is -0.0498. The third kappa shape index (κ3) is 4.69. The number of ether oxygens (including phenoxy) is 1. The first-order valence-corrected chi connectivity index (χ1v) is 8.00. The van der Waals surface area contributed by atoms with Gasteiger partial charge in [0.15, 0.2) is 5.76 Å². The fourth-order valence-electron chi connectivity index (χ4n) is 2.31. The van der Waals surface area contributed by atoms with Gasteiger partial charge in [-0.2, -0.15) is 4.98 Å². The van der Waals surface area contributed by atoms with Crippen molar-refractivity contribution >= 4 is 5.91 Å². The Balaban J connectivity index is 1.39. The molecule has 7 nitrogen and oxygen atoms in total. The van der Waals surface area contributed by atoms with Gasteiger partial charge in [-0.25, -0.2) is 0 Å². The number of aryl methyl sites for hydroxylation is 1. The van der Waals surface area contributed by atoms with Crippen LogP contribution in [-0.4, -0.2) is 29.7 Å². The van der Waals surface area contributed by atoms with E-state index in [-0.39, 0.29) is 5.91 Å². The van der Waals surface area contributed by atoms with Gasteiger partial charge in [0.1, 0.15) is 5.75 Å². The van der Waals surface area contributed by atoms with Crippen molar-refractivity contribution < 1.29 is 18.5 Å². The predicted octanol–water partition coefficient (Wildman–Crippen LogP) is 2.63. The number of rotatable bonds is 8. The van der Waals surface area contributed by atoms with Gasteiger partial charge >= 0.3 is 0 Å². The molecule has 0 fully saturated rings. The van der Waals surface area contributed by atoms with Crippen LogP contribution in [0.4, 0.5) is 0 Å². The summed E-state index contributed by atoms with van der Waals surface area (Å²) in [5.41, 5.74) is 1.14. The number of carbonyl (C=O) groups excluding carboxylic acids is 1. The lowest BCUT2D eigenvalue weighted by molar-refractivity contribution is -0.121. The van der Waals surface area contributed by atoms with Gasteiger partial charge < -0.3 is 19.0 Å². The summed E-state index contributed by atoms with van der Waals surface area (Å²) >= 11 is 0. The SMILES string of the molecule is COc1ccc(CCNC(=O)CCc2nc(-c3ccco3)no2)cc1. The van der Waals surface area contributed by atoms with Crippen LogP contribution >= 0.6 is 0 Å². The molecule has 0 radical (unpaired) electrons. The van der Waals surface area contributed by atoms with E-state index in [0.29, 0.717) is 36.9 Å². The lowest BCUT2D eigenvalue weighted by Crippen LogP contribution is -2.25. The highest BCUT2D eigenvalue weighted by Gasteiger charge is 2.12. The van der Waals surface area contributed by atoms with Gasteiger partial charge in [0.2, 0.25) is 17.6 Å². The van der Waals surface area contributed by atoms with Crippen LogP contribution in [0.2, 0.25) is 0 Å². The number of methoxy groups -OCH3 is 1. The van der Waals surface area contributed by atoms with Crippen LogP contribution < -0.4 is 10.1 Å². The van der Waals surface area contributed by atoms with Crippen molar-refractivity contribution in [3.05, 3.63) is 54.1 Å². The van der Waals surface area contributed by atoms with E-state index < -0.39 is 0 Å². The Bertz CT molecular complexity index is 794. The van der Waals surface area contributed by atoms with E-state index in [4.69, 9.17) is 13.7 Å². The maximum Gasteiger partial charge on any atom is 0.238 e. The monoisotopic (exact) mass is 341 g/mol. The second-order valence-electron chi connectivity index (χ2n) is 5.44. The maximum atomic E-state index is 11.9. The molecule has 130 valence electrons. The molecule has 0 aliphatic carbocycles. The second-order valence-corrected chi connectivity index (χ2v) is 5.44. The highest BCUT2D eigenvalue weighted by atomic mass is 16.5. The number of amides is 1. The molecule has 1 amide bonds. The third-order valence-electron chi connectivity index (χ3n) is 3.67. The zero-order valence-electron chi connectivity index (χ0n) is 13.9. The van der Waals surface area contributed by atoms with E-state index in [0.717, 1.165) is 17.7 Å². The number of carbonyl (C=O) groups is 1. The normalized spacial score (nSPS) is 10.6. The van der Waals surface area contributed by atoms with Crippen LogP contribution in [-0.2, 0) is 17.6 Å². The zero-order valence-corrected chi connectivity index (χ0v) is 13.9. The Morgan fingerprint density at radius 2 is 2.04 bits per heavy atom. The van der Waals surface area contributed by atoms with E-state index in [1.165, 1.54) is 0 Å². The molecule has 7 heteroatoms. The molecule has 0 spiro atoms. The summed E-state index contributed by atoms with van der Waals surface area (Å²) in [6, 6.07) is 11.3. The fraction of sp³-hybridized carbons (Fsp3) is 0.278. The molecular weight excluding hydrogens is 322 g/mol. The van der Waals surface area contributed by atoms with Crippen molar-refractivity contribution in [1.82, 2.24) is 15.5 Å². The Morgan fingerprint density at radius 3 is 2.76 bits per heavy atom. The van der Waals surface area contributed by atoms with Gasteiger partial charge in [0.25, 0.3) is 0 Å². The molecule has 25 heavy (non-hydrogen) atoms.